The van der Waals surface area contributed by atoms with E-state index >= 15 is 0 Å². The van der Waals surface area contributed by atoms with Crippen LogP contribution in [0.5, 0.6) is 5.75 Å². The Labute approximate surface area is 226 Å². The standard InChI is InChI=1S/C31H32F3NO4/c1-20(2)23-8-4-21(5-9-23)17-30(3)15-14-24-16-25(10-13-27(24)39-30)29(38)35(19-28(36)37)18-22-6-11-26(12-7-22)31(32,33)34/h4-13,16,20H,14-15,17-19H2,1-3H3,(H,36,37)/t30-/m0/s1. The molecule has 0 unspecified atom stereocenters. The zero-order valence-corrected chi connectivity index (χ0v) is 22.2. The van der Waals surface area contributed by atoms with Gasteiger partial charge in [0, 0.05) is 18.5 Å². The molecule has 0 radical (unpaired) electrons. The summed E-state index contributed by atoms with van der Waals surface area (Å²) in [7, 11) is 0. The molecule has 5 nitrogen and oxygen atoms in total. The summed E-state index contributed by atoms with van der Waals surface area (Å²) in [4.78, 5) is 25.9. The monoisotopic (exact) mass is 539 g/mol. The Morgan fingerprint density at radius 2 is 1.64 bits per heavy atom. The van der Waals surface area contributed by atoms with Crippen molar-refractivity contribution in [2.75, 3.05) is 6.54 Å². The molecule has 3 aromatic rings. The zero-order chi connectivity index (χ0) is 28.4. The van der Waals surface area contributed by atoms with E-state index in [4.69, 9.17) is 4.74 Å². The average molecular weight is 540 g/mol. The van der Waals surface area contributed by atoms with Crippen molar-refractivity contribution < 1.29 is 32.6 Å². The molecule has 0 bridgehead atoms. The minimum Gasteiger partial charge on any atom is -0.487 e. The molecule has 0 spiro atoms. The smallest absolute Gasteiger partial charge is 0.416 e. The Bertz CT molecular complexity index is 1330. The molecular formula is C31H32F3NO4. The van der Waals surface area contributed by atoms with Crippen molar-refractivity contribution in [2.45, 2.75) is 64.3 Å². The van der Waals surface area contributed by atoms with Crippen molar-refractivity contribution in [3.8, 4) is 5.75 Å². The van der Waals surface area contributed by atoms with E-state index in [0.29, 0.717) is 29.2 Å². The van der Waals surface area contributed by atoms with Crippen molar-refractivity contribution in [3.63, 3.8) is 0 Å². The molecule has 1 aliphatic heterocycles. The summed E-state index contributed by atoms with van der Waals surface area (Å²) in [5.74, 6) is -0.579. The Kier molecular flexibility index (Phi) is 8.04. The van der Waals surface area contributed by atoms with Gasteiger partial charge in [-0.15, -0.1) is 0 Å². The molecule has 3 aromatic carbocycles. The molecule has 8 heteroatoms. The molecular weight excluding hydrogens is 507 g/mol. The van der Waals surface area contributed by atoms with Gasteiger partial charge >= 0.3 is 12.1 Å². The minimum absolute atomic E-state index is 0.134. The number of benzene rings is 3. The zero-order valence-electron chi connectivity index (χ0n) is 22.2. The molecule has 1 N–H and O–H groups in total. The quantitative estimate of drug-likeness (QED) is 0.339. The van der Waals surface area contributed by atoms with Gasteiger partial charge in [0.2, 0.25) is 0 Å². The molecule has 0 fully saturated rings. The van der Waals surface area contributed by atoms with Gasteiger partial charge in [0.15, 0.2) is 0 Å². The van der Waals surface area contributed by atoms with Crippen LogP contribution in [0.25, 0.3) is 0 Å². The number of carboxylic acids is 1. The third-order valence-electron chi connectivity index (χ3n) is 7.08. The van der Waals surface area contributed by atoms with Gasteiger partial charge < -0.3 is 14.7 Å². The molecule has 1 heterocycles. The van der Waals surface area contributed by atoms with E-state index in [-0.39, 0.29) is 6.54 Å². The molecule has 0 saturated heterocycles. The average Bonchev–Trinajstić information content (AvgIpc) is 2.87. The minimum atomic E-state index is -4.48. The lowest BCUT2D eigenvalue weighted by atomic mass is 9.86. The number of hydrogen-bond acceptors (Lipinski definition) is 3. The van der Waals surface area contributed by atoms with E-state index in [1.807, 2.05) is 0 Å². The summed E-state index contributed by atoms with van der Waals surface area (Å²) in [6.45, 7) is 5.67. The number of carboxylic acid groups (broad SMARTS) is 1. The first kappa shape index (κ1) is 28.2. The number of carbonyl (C=O) groups excluding carboxylic acids is 1. The van der Waals surface area contributed by atoms with Crippen LogP contribution in [-0.2, 0) is 30.4 Å². The predicted octanol–water partition coefficient (Wildman–Crippen LogP) is 6.88. The SMILES string of the molecule is CC(C)c1ccc(C[C@]2(C)CCc3cc(C(=O)N(CC(=O)O)Cc4ccc(C(F)(F)F)cc4)ccc3O2)cc1. The van der Waals surface area contributed by atoms with Gasteiger partial charge in [0.25, 0.3) is 5.91 Å². The fourth-order valence-corrected chi connectivity index (χ4v) is 4.86. The Balaban J connectivity index is 1.48. The van der Waals surface area contributed by atoms with Crippen molar-refractivity contribution in [1.82, 2.24) is 4.90 Å². The molecule has 1 atom stereocenters. The first-order chi connectivity index (χ1) is 18.3. The number of fused-ring (bicyclic) bond motifs is 1. The van der Waals surface area contributed by atoms with Gasteiger partial charge in [-0.25, -0.2) is 0 Å². The second-order valence-corrected chi connectivity index (χ2v) is 10.7. The number of halogens is 3. The molecule has 206 valence electrons. The molecule has 0 aromatic heterocycles. The van der Waals surface area contributed by atoms with Crippen molar-refractivity contribution in [3.05, 3.63) is 100 Å². The van der Waals surface area contributed by atoms with Crippen molar-refractivity contribution in [1.29, 1.82) is 0 Å². The summed E-state index contributed by atoms with van der Waals surface area (Å²) in [5, 5.41) is 9.36. The summed E-state index contributed by atoms with van der Waals surface area (Å²) in [6.07, 6.45) is -2.30. The molecule has 1 aliphatic rings. The summed E-state index contributed by atoms with van der Waals surface area (Å²) >= 11 is 0. The van der Waals surface area contributed by atoms with Gasteiger partial charge in [-0.05, 0) is 78.3 Å². The summed E-state index contributed by atoms with van der Waals surface area (Å²) in [6, 6.07) is 18.0. The lowest BCUT2D eigenvalue weighted by Crippen LogP contribution is -2.39. The number of rotatable bonds is 8. The van der Waals surface area contributed by atoms with E-state index in [2.05, 4.69) is 45.0 Å². The largest absolute Gasteiger partial charge is 0.487 e. The number of alkyl halides is 3. The molecule has 4 rings (SSSR count). The van der Waals surface area contributed by atoms with Gasteiger partial charge in [0.1, 0.15) is 17.9 Å². The van der Waals surface area contributed by atoms with Crippen LogP contribution in [0.2, 0.25) is 0 Å². The molecule has 39 heavy (non-hydrogen) atoms. The fraction of sp³-hybridized carbons (Fsp3) is 0.355. The lowest BCUT2D eigenvalue weighted by Gasteiger charge is -2.36. The van der Waals surface area contributed by atoms with E-state index in [9.17, 15) is 27.9 Å². The first-order valence-corrected chi connectivity index (χ1v) is 12.9. The Morgan fingerprint density at radius 3 is 2.23 bits per heavy atom. The molecule has 0 aliphatic carbocycles. The van der Waals surface area contributed by atoms with Crippen LogP contribution in [-0.4, -0.2) is 34.0 Å². The maximum absolute atomic E-state index is 13.3. The fourth-order valence-electron chi connectivity index (χ4n) is 4.86. The normalized spacial score (nSPS) is 16.9. The lowest BCUT2D eigenvalue weighted by molar-refractivity contribution is -0.138. The maximum Gasteiger partial charge on any atom is 0.416 e. The molecule has 1 amide bonds. The number of aryl methyl sites for hydroxylation is 1. The predicted molar refractivity (Wildman–Crippen MR) is 142 cm³/mol. The van der Waals surface area contributed by atoms with Crippen LogP contribution < -0.4 is 4.74 Å². The van der Waals surface area contributed by atoms with Crippen LogP contribution in [0.15, 0.2) is 66.7 Å². The number of amides is 1. The van der Waals surface area contributed by atoms with Gasteiger partial charge in [0.05, 0.1) is 5.56 Å². The summed E-state index contributed by atoms with van der Waals surface area (Å²) < 4.78 is 45.0. The second kappa shape index (κ2) is 11.1. The van der Waals surface area contributed by atoms with Crippen LogP contribution >= 0.6 is 0 Å². The number of aliphatic carboxylic acids is 1. The van der Waals surface area contributed by atoms with Crippen LogP contribution in [0, 0.1) is 0 Å². The van der Waals surface area contributed by atoms with Crippen LogP contribution in [0.1, 0.15) is 71.3 Å². The van der Waals surface area contributed by atoms with E-state index < -0.39 is 35.8 Å². The van der Waals surface area contributed by atoms with Gasteiger partial charge in [-0.1, -0.05) is 50.2 Å². The summed E-state index contributed by atoms with van der Waals surface area (Å²) in [5.41, 5.74) is 2.82. The van der Waals surface area contributed by atoms with E-state index in [0.717, 1.165) is 35.4 Å². The highest BCUT2D eigenvalue weighted by atomic mass is 19.4. The highest BCUT2D eigenvalue weighted by molar-refractivity contribution is 5.96. The number of carbonyl (C=O) groups is 2. The van der Waals surface area contributed by atoms with Crippen LogP contribution in [0.3, 0.4) is 0 Å². The topological polar surface area (TPSA) is 66.8 Å². The highest BCUT2D eigenvalue weighted by Crippen LogP contribution is 2.36. The maximum atomic E-state index is 13.3. The number of ether oxygens (including phenoxy) is 1. The number of nitrogens with zero attached hydrogens (tertiary/aromatic N) is 1. The van der Waals surface area contributed by atoms with Gasteiger partial charge in [-0.3, -0.25) is 9.59 Å². The number of hydrogen-bond donors (Lipinski definition) is 1. The van der Waals surface area contributed by atoms with E-state index in [1.165, 1.54) is 23.3 Å². The molecule has 0 saturated carbocycles. The van der Waals surface area contributed by atoms with Crippen LogP contribution in [0.4, 0.5) is 13.2 Å². The third-order valence-corrected chi connectivity index (χ3v) is 7.08. The van der Waals surface area contributed by atoms with E-state index in [1.54, 1.807) is 18.2 Å². The highest BCUT2D eigenvalue weighted by Gasteiger charge is 2.33. The second-order valence-electron chi connectivity index (χ2n) is 10.7. The Hall–Kier alpha value is -3.81. The van der Waals surface area contributed by atoms with Crippen molar-refractivity contribution in [2.24, 2.45) is 0 Å². The van der Waals surface area contributed by atoms with Gasteiger partial charge in [-0.2, -0.15) is 13.2 Å². The Morgan fingerprint density at radius 1 is 1.00 bits per heavy atom. The third kappa shape index (κ3) is 6.99. The van der Waals surface area contributed by atoms with Crippen molar-refractivity contribution >= 4 is 11.9 Å². The first-order valence-electron chi connectivity index (χ1n) is 12.9.